The fraction of sp³-hybridized carbons (Fsp3) is 0.556. The van der Waals surface area contributed by atoms with E-state index in [1.54, 1.807) is 31.2 Å². The number of benzene rings is 1. The van der Waals surface area contributed by atoms with Gasteiger partial charge in [0.15, 0.2) is 6.10 Å². The molecule has 1 N–H and O–H groups in total. The maximum Gasteiger partial charge on any atom is 0.338 e. The van der Waals surface area contributed by atoms with Gasteiger partial charge in [0.1, 0.15) is 12.4 Å². The van der Waals surface area contributed by atoms with Gasteiger partial charge in [-0.1, -0.05) is 6.92 Å². The number of hydrogen-bond acceptors (Lipinski definition) is 5. The Morgan fingerprint density at radius 1 is 1.33 bits per heavy atom. The minimum Gasteiger partial charge on any atom is -0.491 e. The number of ether oxygens (including phenoxy) is 3. The van der Waals surface area contributed by atoms with Gasteiger partial charge in [-0.15, -0.1) is 0 Å². The van der Waals surface area contributed by atoms with Gasteiger partial charge in [0.05, 0.1) is 11.7 Å². The van der Waals surface area contributed by atoms with Gasteiger partial charge in [0.25, 0.3) is 5.91 Å². The fourth-order valence-corrected chi connectivity index (χ4v) is 2.33. The third-order valence-corrected chi connectivity index (χ3v) is 3.75. The Hall–Kier alpha value is -2.08. The number of carbonyl (C=O) groups excluding carboxylic acids is 2. The summed E-state index contributed by atoms with van der Waals surface area (Å²) in [4.78, 5) is 23.8. The van der Waals surface area contributed by atoms with Crippen molar-refractivity contribution in [1.29, 1.82) is 0 Å². The van der Waals surface area contributed by atoms with Crippen LogP contribution in [0.2, 0.25) is 0 Å². The lowest BCUT2D eigenvalue weighted by molar-refractivity contribution is -0.129. The second-order valence-corrected chi connectivity index (χ2v) is 5.81. The second kappa shape index (κ2) is 9.27. The van der Waals surface area contributed by atoms with E-state index in [2.05, 4.69) is 5.32 Å². The molecule has 1 aliphatic heterocycles. The third kappa shape index (κ3) is 5.53. The summed E-state index contributed by atoms with van der Waals surface area (Å²) < 4.78 is 16.3. The molecule has 6 heteroatoms. The highest BCUT2D eigenvalue weighted by Crippen LogP contribution is 2.17. The molecule has 1 aromatic carbocycles. The van der Waals surface area contributed by atoms with Gasteiger partial charge in [-0.2, -0.15) is 0 Å². The smallest absolute Gasteiger partial charge is 0.338 e. The van der Waals surface area contributed by atoms with Crippen LogP contribution in [0.25, 0.3) is 0 Å². The third-order valence-electron chi connectivity index (χ3n) is 3.75. The average molecular weight is 335 g/mol. The van der Waals surface area contributed by atoms with Crippen molar-refractivity contribution in [2.24, 2.45) is 0 Å². The molecule has 0 saturated carbocycles. The Labute approximate surface area is 142 Å². The lowest BCUT2D eigenvalue weighted by Crippen LogP contribution is -2.36. The minimum absolute atomic E-state index is 0.150. The van der Waals surface area contributed by atoms with Crippen molar-refractivity contribution in [2.45, 2.75) is 45.3 Å². The molecule has 1 fully saturated rings. The second-order valence-electron chi connectivity index (χ2n) is 5.81. The summed E-state index contributed by atoms with van der Waals surface area (Å²) in [5.74, 6) is -0.141. The highest BCUT2D eigenvalue weighted by molar-refractivity contribution is 5.92. The Morgan fingerprint density at radius 2 is 2.08 bits per heavy atom. The first-order valence-corrected chi connectivity index (χ1v) is 8.43. The number of rotatable bonds is 8. The molecule has 24 heavy (non-hydrogen) atoms. The van der Waals surface area contributed by atoms with Crippen molar-refractivity contribution in [3.8, 4) is 5.75 Å². The van der Waals surface area contributed by atoms with Crippen LogP contribution in [0.15, 0.2) is 24.3 Å². The topological polar surface area (TPSA) is 73.9 Å². The number of esters is 1. The van der Waals surface area contributed by atoms with Crippen LogP contribution in [0.5, 0.6) is 5.75 Å². The average Bonchev–Trinajstić information content (AvgIpc) is 3.11. The number of nitrogens with one attached hydrogen (secondary N) is 1. The fourth-order valence-electron chi connectivity index (χ4n) is 2.33. The zero-order chi connectivity index (χ0) is 17.4. The Kier molecular flexibility index (Phi) is 7.06. The lowest BCUT2D eigenvalue weighted by atomic mass is 10.2. The molecule has 1 amide bonds. The summed E-state index contributed by atoms with van der Waals surface area (Å²) in [6.07, 6.45) is 2.25. The highest BCUT2D eigenvalue weighted by Gasteiger charge is 2.19. The first-order valence-electron chi connectivity index (χ1n) is 8.43. The molecule has 1 aliphatic rings. The van der Waals surface area contributed by atoms with Gasteiger partial charge >= 0.3 is 5.97 Å². The summed E-state index contributed by atoms with van der Waals surface area (Å²) in [6.45, 7) is 5.39. The highest BCUT2D eigenvalue weighted by atomic mass is 16.5. The summed E-state index contributed by atoms with van der Waals surface area (Å²) in [5, 5.41) is 2.69. The van der Waals surface area contributed by atoms with Gasteiger partial charge in [-0.25, -0.2) is 4.79 Å². The molecule has 0 bridgehead atoms. The standard InChI is InChI=1S/C18H25NO5/c1-3-10-19-17(20)13(2)24-18(21)14-6-8-15(9-7-14)23-12-16-5-4-11-22-16/h6-9,13,16H,3-5,10-12H2,1-2H3,(H,19,20)/t13-,16-/m1/s1. The van der Waals surface area contributed by atoms with E-state index < -0.39 is 12.1 Å². The summed E-state index contributed by atoms with van der Waals surface area (Å²) in [5.41, 5.74) is 0.384. The molecule has 0 unspecified atom stereocenters. The van der Waals surface area contributed by atoms with E-state index in [1.807, 2.05) is 6.92 Å². The summed E-state index contributed by atoms with van der Waals surface area (Å²) in [7, 11) is 0. The Bertz CT molecular complexity index is 537. The van der Waals surface area contributed by atoms with Crippen LogP contribution in [-0.2, 0) is 14.3 Å². The molecular formula is C18H25NO5. The molecule has 0 aromatic heterocycles. The molecule has 0 radical (unpaired) electrons. The normalized spacial score (nSPS) is 18.0. The number of carbonyl (C=O) groups is 2. The van der Waals surface area contributed by atoms with Crippen molar-refractivity contribution in [2.75, 3.05) is 19.8 Å². The van der Waals surface area contributed by atoms with Gasteiger partial charge in [-0.05, 0) is 50.5 Å². The van der Waals surface area contributed by atoms with E-state index in [-0.39, 0.29) is 12.0 Å². The van der Waals surface area contributed by atoms with E-state index in [0.717, 1.165) is 25.9 Å². The van der Waals surface area contributed by atoms with Gasteiger partial charge in [-0.3, -0.25) is 4.79 Å². The van der Waals surface area contributed by atoms with Crippen LogP contribution in [-0.4, -0.2) is 43.8 Å². The minimum atomic E-state index is -0.820. The van der Waals surface area contributed by atoms with Crippen LogP contribution in [0, 0.1) is 0 Å². The van der Waals surface area contributed by atoms with Crippen molar-refractivity contribution in [3.05, 3.63) is 29.8 Å². The molecule has 1 heterocycles. The Morgan fingerprint density at radius 3 is 2.71 bits per heavy atom. The molecular weight excluding hydrogens is 310 g/mol. The summed E-state index contributed by atoms with van der Waals surface area (Å²) >= 11 is 0. The maximum absolute atomic E-state index is 12.0. The van der Waals surface area contributed by atoms with Crippen molar-refractivity contribution in [3.63, 3.8) is 0 Å². The molecule has 6 nitrogen and oxygen atoms in total. The van der Waals surface area contributed by atoms with E-state index >= 15 is 0 Å². The van der Waals surface area contributed by atoms with E-state index in [1.165, 1.54) is 0 Å². The van der Waals surface area contributed by atoms with E-state index in [4.69, 9.17) is 14.2 Å². The Balaban J connectivity index is 1.80. The van der Waals surface area contributed by atoms with Crippen LogP contribution in [0.3, 0.4) is 0 Å². The molecule has 1 saturated heterocycles. The molecule has 2 rings (SSSR count). The number of hydrogen-bond donors (Lipinski definition) is 1. The molecule has 132 valence electrons. The molecule has 0 aliphatic carbocycles. The molecule has 2 atom stereocenters. The molecule has 0 spiro atoms. The van der Waals surface area contributed by atoms with Gasteiger partial charge in [0.2, 0.25) is 0 Å². The van der Waals surface area contributed by atoms with Crippen molar-refractivity contribution < 1.29 is 23.8 Å². The van der Waals surface area contributed by atoms with Crippen LogP contribution in [0.4, 0.5) is 0 Å². The zero-order valence-electron chi connectivity index (χ0n) is 14.2. The van der Waals surface area contributed by atoms with E-state index in [9.17, 15) is 9.59 Å². The summed E-state index contributed by atoms with van der Waals surface area (Å²) in [6, 6.07) is 6.69. The first kappa shape index (κ1) is 18.3. The predicted molar refractivity (Wildman–Crippen MR) is 89.1 cm³/mol. The zero-order valence-corrected chi connectivity index (χ0v) is 14.2. The van der Waals surface area contributed by atoms with Crippen molar-refractivity contribution in [1.82, 2.24) is 5.32 Å². The largest absolute Gasteiger partial charge is 0.491 e. The van der Waals surface area contributed by atoms with E-state index in [0.29, 0.717) is 24.5 Å². The SMILES string of the molecule is CCCNC(=O)[C@@H](C)OC(=O)c1ccc(OC[C@H]2CCCO2)cc1. The van der Waals surface area contributed by atoms with Crippen LogP contribution in [0.1, 0.15) is 43.5 Å². The van der Waals surface area contributed by atoms with Crippen LogP contribution < -0.4 is 10.1 Å². The molecule has 1 aromatic rings. The van der Waals surface area contributed by atoms with Gasteiger partial charge in [0, 0.05) is 13.2 Å². The maximum atomic E-state index is 12.0. The first-order chi connectivity index (χ1) is 11.6. The van der Waals surface area contributed by atoms with Gasteiger partial charge < -0.3 is 19.5 Å². The lowest BCUT2D eigenvalue weighted by Gasteiger charge is -2.14. The number of amides is 1. The van der Waals surface area contributed by atoms with Crippen molar-refractivity contribution >= 4 is 11.9 Å². The predicted octanol–water partition coefficient (Wildman–Crippen LogP) is 2.32. The quantitative estimate of drug-likeness (QED) is 0.738. The van der Waals surface area contributed by atoms with Crippen LogP contribution >= 0.6 is 0 Å². The monoisotopic (exact) mass is 335 g/mol.